The van der Waals surface area contributed by atoms with E-state index < -0.39 is 0 Å². The highest BCUT2D eigenvalue weighted by Gasteiger charge is 2.22. The highest BCUT2D eigenvalue weighted by atomic mass is 16.1. The molecule has 1 heterocycles. The lowest BCUT2D eigenvalue weighted by atomic mass is 9.93. The number of piperidine rings is 1. The molecule has 0 saturated carbocycles. The van der Waals surface area contributed by atoms with Gasteiger partial charge in [0, 0.05) is 12.5 Å². The molecular formula is C17H27N3O. The number of carbonyl (C=O) groups is 1. The molecule has 1 aromatic rings. The van der Waals surface area contributed by atoms with Crippen LogP contribution in [0, 0.1) is 5.92 Å². The lowest BCUT2D eigenvalue weighted by molar-refractivity contribution is -0.116. The van der Waals surface area contributed by atoms with Gasteiger partial charge in [0.2, 0.25) is 5.91 Å². The molecule has 0 radical (unpaired) electrons. The topological polar surface area (TPSA) is 58.4 Å². The number of likely N-dealkylation sites (tertiary alicyclic amines) is 1. The van der Waals surface area contributed by atoms with Crippen LogP contribution >= 0.6 is 0 Å². The molecule has 1 saturated heterocycles. The molecule has 0 aromatic heterocycles. The second kappa shape index (κ2) is 7.46. The van der Waals surface area contributed by atoms with Gasteiger partial charge in [-0.15, -0.1) is 0 Å². The zero-order valence-corrected chi connectivity index (χ0v) is 13.1. The number of nitrogens with zero attached hydrogens (tertiary/aromatic N) is 1. The summed E-state index contributed by atoms with van der Waals surface area (Å²) in [6, 6.07) is 8.02. The maximum absolute atomic E-state index is 12.0. The molecule has 1 aliphatic rings. The average Bonchev–Trinajstić information content (AvgIpc) is 2.44. The number of hydrogen-bond acceptors (Lipinski definition) is 3. The number of hydrogen-bond donors (Lipinski definition) is 2. The Balaban J connectivity index is 1.71. The first-order chi connectivity index (χ1) is 10.1. The lowest BCUT2D eigenvalue weighted by Gasteiger charge is -2.36. The Morgan fingerprint density at radius 3 is 2.86 bits per heavy atom. The number of nitrogens with two attached hydrogens (primary N) is 1. The predicted molar refractivity (Wildman–Crippen MR) is 88.2 cm³/mol. The van der Waals surface area contributed by atoms with Crippen LogP contribution in [0.5, 0.6) is 0 Å². The number of rotatable bonds is 5. The van der Waals surface area contributed by atoms with Crippen LogP contribution in [0.1, 0.15) is 39.5 Å². The summed E-state index contributed by atoms with van der Waals surface area (Å²) in [6.07, 6.45) is 3.99. The van der Waals surface area contributed by atoms with Gasteiger partial charge in [-0.3, -0.25) is 4.79 Å². The molecule has 2 unspecified atom stereocenters. The van der Waals surface area contributed by atoms with Crippen molar-refractivity contribution in [3.05, 3.63) is 24.3 Å². The highest BCUT2D eigenvalue weighted by Crippen LogP contribution is 2.22. The van der Waals surface area contributed by atoms with Crippen LogP contribution in [0.15, 0.2) is 24.3 Å². The molecule has 21 heavy (non-hydrogen) atoms. The van der Waals surface area contributed by atoms with Crippen LogP contribution in [0.3, 0.4) is 0 Å². The number of benzene rings is 1. The minimum Gasteiger partial charge on any atom is -0.397 e. The quantitative estimate of drug-likeness (QED) is 0.819. The molecule has 1 aromatic carbocycles. The molecule has 2 rings (SSSR count). The third-order valence-corrected chi connectivity index (χ3v) is 4.36. The van der Waals surface area contributed by atoms with E-state index in [0.717, 1.165) is 25.4 Å². The Bertz CT molecular complexity index is 475. The lowest BCUT2D eigenvalue weighted by Crippen LogP contribution is -2.40. The Labute approximate surface area is 127 Å². The first-order valence-electron chi connectivity index (χ1n) is 7.94. The van der Waals surface area contributed by atoms with E-state index in [1.807, 2.05) is 18.2 Å². The number of nitrogens with one attached hydrogen (secondary N) is 1. The molecular weight excluding hydrogens is 262 g/mol. The van der Waals surface area contributed by atoms with Gasteiger partial charge < -0.3 is 16.0 Å². The van der Waals surface area contributed by atoms with E-state index in [0.29, 0.717) is 23.8 Å². The van der Waals surface area contributed by atoms with E-state index >= 15 is 0 Å². The fourth-order valence-corrected chi connectivity index (χ4v) is 3.05. The number of para-hydroxylation sites is 2. The van der Waals surface area contributed by atoms with Crippen LogP contribution in [0.25, 0.3) is 0 Å². The molecule has 116 valence electrons. The number of amides is 1. The number of nitrogen functional groups attached to an aromatic ring is 1. The van der Waals surface area contributed by atoms with Crippen molar-refractivity contribution < 1.29 is 4.79 Å². The molecule has 0 aliphatic carbocycles. The fourth-order valence-electron chi connectivity index (χ4n) is 3.05. The minimum atomic E-state index is 0.0472. The van der Waals surface area contributed by atoms with Gasteiger partial charge in [0.15, 0.2) is 0 Å². The van der Waals surface area contributed by atoms with Crippen LogP contribution in [0.4, 0.5) is 11.4 Å². The zero-order valence-electron chi connectivity index (χ0n) is 13.1. The largest absolute Gasteiger partial charge is 0.397 e. The van der Waals surface area contributed by atoms with Crippen molar-refractivity contribution in [1.82, 2.24) is 4.90 Å². The molecule has 3 N–H and O–H groups in total. The maximum Gasteiger partial charge on any atom is 0.224 e. The Morgan fingerprint density at radius 1 is 1.38 bits per heavy atom. The third kappa shape index (κ3) is 4.74. The molecule has 1 amide bonds. The van der Waals surface area contributed by atoms with E-state index in [1.54, 1.807) is 6.07 Å². The summed E-state index contributed by atoms with van der Waals surface area (Å²) < 4.78 is 0. The molecule has 2 atom stereocenters. The Hall–Kier alpha value is -1.55. The van der Waals surface area contributed by atoms with Crippen molar-refractivity contribution >= 4 is 17.3 Å². The van der Waals surface area contributed by atoms with E-state index in [1.165, 1.54) is 12.8 Å². The van der Waals surface area contributed by atoms with Gasteiger partial charge >= 0.3 is 0 Å². The molecule has 4 nitrogen and oxygen atoms in total. The molecule has 0 bridgehead atoms. The Morgan fingerprint density at radius 2 is 2.14 bits per heavy atom. The van der Waals surface area contributed by atoms with Gasteiger partial charge in [-0.2, -0.15) is 0 Å². The van der Waals surface area contributed by atoms with Gasteiger partial charge in [0.1, 0.15) is 0 Å². The van der Waals surface area contributed by atoms with Crippen LogP contribution in [-0.2, 0) is 4.79 Å². The van der Waals surface area contributed by atoms with Crippen LogP contribution in [-0.4, -0.2) is 29.9 Å². The van der Waals surface area contributed by atoms with E-state index in [2.05, 4.69) is 24.1 Å². The molecule has 1 fully saturated rings. The van der Waals surface area contributed by atoms with E-state index in [-0.39, 0.29) is 5.91 Å². The number of anilines is 2. The van der Waals surface area contributed by atoms with Gasteiger partial charge in [-0.05, 0) is 57.3 Å². The second-order valence-corrected chi connectivity index (χ2v) is 6.25. The average molecular weight is 289 g/mol. The van der Waals surface area contributed by atoms with E-state index in [4.69, 9.17) is 5.73 Å². The Kier molecular flexibility index (Phi) is 5.62. The van der Waals surface area contributed by atoms with Crippen molar-refractivity contribution in [2.75, 3.05) is 24.1 Å². The summed E-state index contributed by atoms with van der Waals surface area (Å²) in [5.41, 5.74) is 7.15. The molecule has 0 spiro atoms. The molecule has 4 heteroatoms. The van der Waals surface area contributed by atoms with Crippen molar-refractivity contribution in [3.63, 3.8) is 0 Å². The normalized spacial score (nSPS) is 23.0. The summed E-state index contributed by atoms with van der Waals surface area (Å²) in [5, 5.41) is 2.88. The zero-order chi connectivity index (χ0) is 15.2. The SMILES string of the molecule is CC1CCN(CCCC(=O)Nc2ccccc2N)C(C)C1. The minimum absolute atomic E-state index is 0.0472. The highest BCUT2D eigenvalue weighted by molar-refractivity contribution is 5.93. The van der Waals surface area contributed by atoms with Crippen molar-refractivity contribution in [3.8, 4) is 0 Å². The smallest absolute Gasteiger partial charge is 0.224 e. The summed E-state index contributed by atoms with van der Waals surface area (Å²) in [5.74, 6) is 0.881. The number of carbonyl (C=O) groups excluding carboxylic acids is 1. The van der Waals surface area contributed by atoms with Gasteiger partial charge in [-0.25, -0.2) is 0 Å². The van der Waals surface area contributed by atoms with Crippen molar-refractivity contribution in [1.29, 1.82) is 0 Å². The predicted octanol–water partition coefficient (Wildman–Crippen LogP) is 3.11. The second-order valence-electron chi connectivity index (χ2n) is 6.25. The van der Waals surface area contributed by atoms with Crippen LogP contribution < -0.4 is 11.1 Å². The van der Waals surface area contributed by atoms with Crippen LogP contribution in [0.2, 0.25) is 0 Å². The first-order valence-corrected chi connectivity index (χ1v) is 7.94. The summed E-state index contributed by atoms with van der Waals surface area (Å²) in [4.78, 5) is 14.5. The summed E-state index contributed by atoms with van der Waals surface area (Å²) in [7, 11) is 0. The first kappa shape index (κ1) is 15.8. The van der Waals surface area contributed by atoms with Gasteiger partial charge in [0.25, 0.3) is 0 Å². The standard InChI is InChI=1S/C17H27N3O/c1-13-9-11-20(14(2)12-13)10-5-8-17(21)19-16-7-4-3-6-15(16)18/h3-4,6-7,13-14H,5,8-12,18H2,1-2H3,(H,19,21). The monoisotopic (exact) mass is 289 g/mol. The van der Waals surface area contributed by atoms with Crippen molar-refractivity contribution in [2.24, 2.45) is 5.92 Å². The van der Waals surface area contributed by atoms with Crippen molar-refractivity contribution in [2.45, 2.75) is 45.6 Å². The summed E-state index contributed by atoms with van der Waals surface area (Å²) >= 11 is 0. The van der Waals surface area contributed by atoms with E-state index in [9.17, 15) is 4.79 Å². The van der Waals surface area contributed by atoms with Gasteiger partial charge in [-0.1, -0.05) is 19.1 Å². The summed E-state index contributed by atoms with van der Waals surface area (Å²) in [6.45, 7) is 6.78. The fraction of sp³-hybridized carbons (Fsp3) is 0.588. The molecule has 1 aliphatic heterocycles. The third-order valence-electron chi connectivity index (χ3n) is 4.36. The maximum atomic E-state index is 12.0. The van der Waals surface area contributed by atoms with Gasteiger partial charge in [0.05, 0.1) is 11.4 Å².